The van der Waals surface area contributed by atoms with Gasteiger partial charge in [-0.15, -0.1) is 0 Å². The Bertz CT molecular complexity index is 565. The molecular weight excluding hydrogens is 246 g/mol. The van der Waals surface area contributed by atoms with E-state index >= 15 is 0 Å². The Labute approximate surface area is 121 Å². The van der Waals surface area contributed by atoms with Crippen LogP contribution in [-0.4, -0.2) is 15.4 Å². The van der Waals surface area contributed by atoms with Crippen LogP contribution in [0.25, 0.3) is 5.65 Å². The number of imidazole rings is 1. The van der Waals surface area contributed by atoms with Crippen LogP contribution >= 0.6 is 0 Å². The molecule has 1 saturated carbocycles. The predicted molar refractivity (Wildman–Crippen MR) is 82.8 cm³/mol. The fourth-order valence-electron chi connectivity index (χ4n) is 3.39. The molecule has 2 heterocycles. The number of nitrogens with zero attached hydrogens (tertiary/aromatic N) is 2. The molecule has 108 valence electrons. The van der Waals surface area contributed by atoms with Crippen LogP contribution in [0.1, 0.15) is 50.4 Å². The molecule has 1 aliphatic carbocycles. The lowest BCUT2D eigenvalue weighted by molar-refractivity contribution is 0.284. The highest BCUT2D eigenvalue weighted by Gasteiger charge is 2.20. The van der Waals surface area contributed by atoms with E-state index in [2.05, 4.69) is 46.9 Å². The van der Waals surface area contributed by atoms with E-state index in [1.165, 1.54) is 37.8 Å². The highest BCUT2D eigenvalue weighted by atomic mass is 15.0. The van der Waals surface area contributed by atoms with E-state index < -0.39 is 0 Å². The Kier molecular flexibility index (Phi) is 4.06. The molecule has 20 heavy (non-hydrogen) atoms. The molecule has 0 spiro atoms. The molecule has 1 N–H and O–H groups in total. The van der Waals surface area contributed by atoms with Crippen molar-refractivity contribution in [3.63, 3.8) is 0 Å². The van der Waals surface area contributed by atoms with Gasteiger partial charge in [-0.3, -0.25) is 0 Å². The van der Waals surface area contributed by atoms with Gasteiger partial charge in [-0.1, -0.05) is 19.4 Å². The molecule has 0 aromatic carbocycles. The Morgan fingerprint density at radius 2 is 2.05 bits per heavy atom. The van der Waals surface area contributed by atoms with Crippen LogP contribution in [0.2, 0.25) is 0 Å². The highest BCUT2D eigenvalue weighted by molar-refractivity contribution is 5.42. The number of aromatic nitrogens is 2. The van der Waals surface area contributed by atoms with Crippen molar-refractivity contribution in [3.8, 4) is 0 Å². The van der Waals surface area contributed by atoms with Gasteiger partial charge in [0.15, 0.2) is 0 Å². The molecule has 2 aromatic heterocycles. The minimum absolute atomic E-state index is 0.687. The third-order valence-corrected chi connectivity index (χ3v) is 4.81. The molecule has 0 atom stereocenters. The van der Waals surface area contributed by atoms with Crippen LogP contribution in [0.4, 0.5) is 0 Å². The second-order valence-electron chi connectivity index (χ2n) is 6.08. The molecule has 3 heteroatoms. The van der Waals surface area contributed by atoms with Crippen LogP contribution in [-0.2, 0) is 6.54 Å². The minimum atomic E-state index is 0.687. The number of nitrogens with one attached hydrogen (secondary N) is 1. The van der Waals surface area contributed by atoms with Crippen molar-refractivity contribution in [1.82, 2.24) is 14.7 Å². The van der Waals surface area contributed by atoms with Crippen LogP contribution < -0.4 is 5.32 Å². The lowest BCUT2D eigenvalue weighted by Gasteiger charge is -2.28. The van der Waals surface area contributed by atoms with Crippen molar-refractivity contribution >= 4 is 5.65 Å². The first-order chi connectivity index (χ1) is 9.78. The minimum Gasteiger partial charge on any atom is -0.308 e. The molecule has 3 rings (SSSR count). The maximum Gasteiger partial charge on any atom is 0.137 e. The van der Waals surface area contributed by atoms with Crippen molar-refractivity contribution in [2.24, 2.45) is 5.92 Å². The molecule has 0 saturated heterocycles. The smallest absolute Gasteiger partial charge is 0.137 e. The summed E-state index contributed by atoms with van der Waals surface area (Å²) in [6.45, 7) is 5.36. The SMILES string of the molecule is CCC1CCC(NCc2c(C)nc3ccccn23)CC1. The molecule has 3 nitrogen and oxygen atoms in total. The van der Waals surface area contributed by atoms with E-state index in [0.717, 1.165) is 23.8 Å². The van der Waals surface area contributed by atoms with Crippen molar-refractivity contribution in [2.45, 2.75) is 58.5 Å². The zero-order valence-corrected chi connectivity index (χ0v) is 12.6. The Balaban J connectivity index is 1.64. The Morgan fingerprint density at radius 1 is 1.25 bits per heavy atom. The zero-order valence-electron chi connectivity index (χ0n) is 12.6. The summed E-state index contributed by atoms with van der Waals surface area (Å²) in [5.74, 6) is 0.964. The molecule has 0 bridgehead atoms. The van der Waals surface area contributed by atoms with Gasteiger partial charge in [0.1, 0.15) is 5.65 Å². The molecule has 2 aromatic rings. The van der Waals surface area contributed by atoms with E-state index in [1.54, 1.807) is 0 Å². The van der Waals surface area contributed by atoms with Crippen molar-refractivity contribution < 1.29 is 0 Å². The predicted octanol–water partition coefficient (Wildman–Crippen LogP) is 3.70. The first kappa shape index (κ1) is 13.6. The molecule has 1 fully saturated rings. The topological polar surface area (TPSA) is 29.3 Å². The number of rotatable bonds is 4. The number of hydrogen-bond donors (Lipinski definition) is 1. The molecular formula is C17H25N3. The summed E-state index contributed by atoms with van der Waals surface area (Å²) in [6, 6.07) is 6.88. The van der Waals surface area contributed by atoms with Crippen molar-refractivity contribution in [3.05, 3.63) is 35.8 Å². The Morgan fingerprint density at radius 3 is 2.80 bits per heavy atom. The van der Waals surface area contributed by atoms with Gasteiger partial charge in [-0.2, -0.15) is 0 Å². The number of aryl methyl sites for hydroxylation is 1. The van der Waals surface area contributed by atoms with E-state index in [-0.39, 0.29) is 0 Å². The van der Waals surface area contributed by atoms with E-state index in [1.807, 2.05) is 6.07 Å². The van der Waals surface area contributed by atoms with Gasteiger partial charge >= 0.3 is 0 Å². The lowest BCUT2D eigenvalue weighted by atomic mass is 9.84. The fraction of sp³-hybridized carbons (Fsp3) is 0.588. The van der Waals surface area contributed by atoms with E-state index in [4.69, 9.17) is 0 Å². The summed E-state index contributed by atoms with van der Waals surface area (Å²) in [6.07, 6.45) is 8.89. The summed E-state index contributed by atoms with van der Waals surface area (Å²) < 4.78 is 2.21. The normalized spacial score (nSPS) is 23.3. The molecule has 0 amide bonds. The van der Waals surface area contributed by atoms with Crippen molar-refractivity contribution in [2.75, 3.05) is 0 Å². The van der Waals surface area contributed by atoms with Crippen LogP contribution in [0.3, 0.4) is 0 Å². The first-order valence-corrected chi connectivity index (χ1v) is 7.94. The summed E-state index contributed by atoms with van der Waals surface area (Å²) in [4.78, 5) is 4.63. The third-order valence-electron chi connectivity index (χ3n) is 4.81. The number of pyridine rings is 1. The number of hydrogen-bond acceptors (Lipinski definition) is 2. The van der Waals surface area contributed by atoms with Gasteiger partial charge < -0.3 is 9.72 Å². The number of fused-ring (bicyclic) bond motifs is 1. The van der Waals surface area contributed by atoms with E-state index in [9.17, 15) is 0 Å². The first-order valence-electron chi connectivity index (χ1n) is 7.94. The standard InChI is InChI=1S/C17H25N3/c1-3-14-7-9-15(10-8-14)18-12-16-13(2)19-17-6-4-5-11-20(16)17/h4-6,11,14-15,18H,3,7-10,12H2,1-2H3. The second kappa shape index (κ2) is 5.96. The highest BCUT2D eigenvalue weighted by Crippen LogP contribution is 2.26. The van der Waals surface area contributed by atoms with Crippen LogP contribution in [0.15, 0.2) is 24.4 Å². The molecule has 0 aliphatic heterocycles. The van der Waals surface area contributed by atoms with Gasteiger partial charge in [0.05, 0.1) is 11.4 Å². The lowest BCUT2D eigenvalue weighted by Crippen LogP contribution is -2.33. The zero-order chi connectivity index (χ0) is 13.9. The van der Waals surface area contributed by atoms with Gasteiger partial charge in [-0.05, 0) is 50.7 Å². The largest absolute Gasteiger partial charge is 0.308 e. The van der Waals surface area contributed by atoms with Crippen LogP contribution in [0.5, 0.6) is 0 Å². The monoisotopic (exact) mass is 271 g/mol. The maximum atomic E-state index is 4.63. The summed E-state index contributed by atoms with van der Waals surface area (Å²) in [7, 11) is 0. The Hall–Kier alpha value is -1.35. The molecule has 0 radical (unpaired) electrons. The fourth-order valence-corrected chi connectivity index (χ4v) is 3.39. The van der Waals surface area contributed by atoms with Gasteiger partial charge in [0.25, 0.3) is 0 Å². The molecule has 0 unspecified atom stereocenters. The third kappa shape index (κ3) is 2.73. The van der Waals surface area contributed by atoms with Crippen molar-refractivity contribution in [1.29, 1.82) is 0 Å². The average molecular weight is 271 g/mol. The summed E-state index contributed by atoms with van der Waals surface area (Å²) in [5.41, 5.74) is 3.50. The van der Waals surface area contributed by atoms with Gasteiger partial charge in [-0.25, -0.2) is 4.98 Å². The second-order valence-corrected chi connectivity index (χ2v) is 6.08. The van der Waals surface area contributed by atoms with Gasteiger partial charge in [0, 0.05) is 18.8 Å². The average Bonchev–Trinajstić information content (AvgIpc) is 2.81. The van der Waals surface area contributed by atoms with E-state index in [0.29, 0.717) is 6.04 Å². The van der Waals surface area contributed by atoms with Gasteiger partial charge in [0.2, 0.25) is 0 Å². The quantitative estimate of drug-likeness (QED) is 0.918. The summed E-state index contributed by atoms with van der Waals surface area (Å²) >= 11 is 0. The maximum absolute atomic E-state index is 4.63. The van der Waals surface area contributed by atoms with Crippen LogP contribution in [0, 0.1) is 12.8 Å². The molecule has 1 aliphatic rings. The summed E-state index contributed by atoms with van der Waals surface area (Å²) in [5, 5.41) is 3.74.